The Balaban J connectivity index is 2.14. The van der Waals surface area contributed by atoms with Crippen molar-refractivity contribution >= 4 is 11.7 Å². The standard InChI is InChI=1S/C15H17NO3/c1-3-16(13-6-4-11(2)5-7-13)9-14-8-12(10-19-14)15(17)18/h4-8,10H,3,9H2,1-2H3,(H,17,18). The lowest BCUT2D eigenvalue weighted by molar-refractivity contribution is 0.0696. The van der Waals surface area contributed by atoms with Gasteiger partial charge in [0.25, 0.3) is 0 Å². The number of anilines is 1. The van der Waals surface area contributed by atoms with Crippen LogP contribution in [0.25, 0.3) is 0 Å². The first-order valence-corrected chi connectivity index (χ1v) is 6.22. The Bertz CT molecular complexity index is 557. The van der Waals surface area contributed by atoms with Gasteiger partial charge in [0.15, 0.2) is 0 Å². The van der Waals surface area contributed by atoms with Crippen LogP contribution in [0.4, 0.5) is 5.69 Å². The molecule has 1 aromatic heterocycles. The maximum absolute atomic E-state index is 10.8. The van der Waals surface area contributed by atoms with Crippen molar-refractivity contribution in [2.45, 2.75) is 20.4 Å². The van der Waals surface area contributed by atoms with Crippen molar-refractivity contribution < 1.29 is 14.3 Å². The van der Waals surface area contributed by atoms with E-state index in [1.807, 2.05) is 6.92 Å². The molecule has 1 aromatic carbocycles. The van der Waals surface area contributed by atoms with Crippen molar-refractivity contribution in [1.29, 1.82) is 0 Å². The molecule has 0 radical (unpaired) electrons. The van der Waals surface area contributed by atoms with Crippen molar-refractivity contribution in [3.05, 3.63) is 53.5 Å². The summed E-state index contributed by atoms with van der Waals surface area (Å²) in [4.78, 5) is 12.9. The highest BCUT2D eigenvalue weighted by Crippen LogP contribution is 2.19. The van der Waals surface area contributed by atoms with Gasteiger partial charge in [-0.15, -0.1) is 0 Å². The fourth-order valence-corrected chi connectivity index (χ4v) is 1.91. The molecule has 0 spiro atoms. The van der Waals surface area contributed by atoms with Crippen molar-refractivity contribution in [2.75, 3.05) is 11.4 Å². The van der Waals surface area contributed by atoms with Crippen LogP contribution in [0.1, 0.15) is 28.6 Å². The van der Waals surface area contributed by atoms with Gasteiger partial charge in [0.05, 0.1) is 12.1 Å². The Labute approximate surface area is 112 Å². The first kappa shape index (κ1) is 13.2. The van der Waals surface area contributed by atoms with E-state index in [1.165, 1.54) is 11.8 Å². The summed E-state index contributed by atoms with van der Waals surface area (Å²) < 4.78 is 5.28. The molecule has 2 aromatic rings. The third-order valence-electron chi connectivity index (χ3n) is 3.03. The molecule has 1 N–H and O–H groups in total. The topological polar surface area (TPSA) is 53.7 Å². The van der Waals surface area contributed by atoms with Gasteiger partial charge in [-0.25, -0.2) is 4.79 Å². The molecule has 0 amide bonds. The minimum absolute atomic E-state index is 0.190. The highest BCUT2D eigenvalue weighted by atomic mass is 16.4. The first-order chi connectivity index (χ1) is 9.10. The minimum atomic E-state index is -0.964. The number of aromatic carboxylic acids is 1. The van der Waals surface area contributed by atoms with Crippen LogP contribution in [0, 0.1) is 6.92 Å². The van der Waals surface area contributed by atoms with Crippen LogP contribution in [0.2, 0.25) is 0 Å². The second kappa shape index (κ2) is 5.61. The van der Waals surface area contributed by atoms with Crippen LogP contribution in [-0.2, 0) is 6.54 Å². The molecule has 0 bridgehead atoms. The van der Waals surface area contributed by atoms with Gasteiger partial charge >= 0.3 is 5.97 Å². The van der Waals surface area contributed by atoms with Gasteiger partial charge in [-0.3, -0.25) is 0 Å². The van der Waals surface area contributed by atoms with Gasteiger partial charge in [0, 0.05) is 12.2 Å². The summed E-state index contributed by atoms with van der Waals surface area (Å²) in [6.07, 6.45) is 1.28. The van der Waals surface area contributed by atoms with Gasteiger partial charge < -0.3 is 14.4 Å². The van der Waals surface area contributed by atoms with Crippen LogP contribution in [0.15, 0.2) is 41.0 Å². The van der Waals surface area contributed by atoms with E-state index in [4.69, 9.17) is 9.52 Å². The monoisotopic (exact) mass is 259 g/mol. The fraction of sp³-hybridized carbons (Fsp3) is 0.267. The van der Waals surface area contributed by atoms with Crippen LogP contribution in [-0.4, -0.2) is 17.6 Å². The number of carbonyl (C=O) groups is 1. The summed E-state index contributed by atoms with van der Waals surface area (Å²) >= 11 is 0. The molecule has 4 nitrogen and oxygen atoms in total. The maximum Gasteiger partial charge on any atom is 0.338 e. The summed E-state index contributed by atoms with van der Waals surface area (Å²) in [5.74, 6) is -0.312. The van der Waals surface area contributed by atoms with Gasteiger partial charge in [0.1, 0.15) is 12.0 Å². The lowest BCUT2D eigenvalue weighted by atomic mass is 10.2. The fourth-order valence-electron chi connectivity index (χ4n) is 1.91. The zero-order valence-corrected chi connectivity index (χ0v) is 11.1. The first-order valence-electron chi connectivity index (χ1n) is 6.22. The predicted octanol–water partition coefficient (Wildman–Crippen LogP) is 3.31. The van der Waals surface area contributed by atoms with Crippen molar-refractivity contribution in [2.24, 2.45) is 0 Å². The molecule has 1 heterocycles. The molecule has 2 rings (SSSR count). The van der Waals surface area contributed by atoms with Crippen LogP contribution in [0.3, 0.4) is 0 Å². The van der Waals surface area contributed by atoms with E-state index >= 15 is 0 Å². The van der Waals surface area contributed by atoms with Gasteiger partial charge in [0.2, 0.25) is 0 Å². The number of hydrogen-bond acceptors (Lipinski definition) is 3. The number of rotatable bonds is 5. The average Bonchev–Trinajstić information content (AvgIpc) is 2.86. The second-order valence-corrected chi connectivity index (χ2v) is 4.46. The highest BCUT2D eigenvalue weighted by molar-refractivity contribution is 5.87. The van der Waals surface area contributed by atoms with Crippen molar-refractivity contribution in [1.82, 2.24) is 0 Å². The Hall–Kier alpha value is -2.23. The summed E-state index contributed by atoms with van der Waals surface area (Å²) in [7, 11) is 0. The number of hydrogen-bond donors (Lipinski definition) is 1. The zero-order chi connectivity index (χ0) is 13.8. The third-order valence-corrected chi connectivity index (χ3v) is 3.03. The molecule has 0 saturated carbocycles. The minimum Gasteiger partial charge on any atom is -0.478 e. The van der Waals surface area contributed by atoms with E-state index in [1.54, 1.807) is 6.07 Å². The molecule has 0 saturated heterocycles. The van der Waals surface area contributed by atoms with Crippen LogP contribution in [0.5, 0.6) is 0 Å². The molecular formula is C15H17NO3. The highest BCUT2D eigenvalue weighted by Gasteiger charge is 2.11. The lowest BCUT2D eigenvalue weighted by Gasteiger charge is -2.22. The SMILES string of the molecule is CCN(Cc1cc(C(=O)O)co1)c1ccc(C)cc1. The van der Waals surface area contributed by atoms with Gasteiger partial charge in [-0.1, -0.05) is 17.7 Å². The number of furan rings is 1. The predicted molar refractivity (Wildman–Crippen MR) is 73.6 cm³/mol. The van der Waals surface area contributed by atoms with Gasteiger partial charge in [-0.05, 0) is 32.0 Å². The van der Waals surface area contributed by atoms with Crippen molar-refractivity contribution in [3.8, 4) is 0 Å². The zero-order valence-electron chi connectivity index (χ0n) is 11.1. The molecule has 0 fully saturated rings. The quantitative estimate of drug-likeness (QED) is 0.895. The number of benzene rings is 1. The Morgan fingerprint density at radius 1 is 1.32 bits per heavy atom. The van der Waals surface area contributed by atoms with Gasteiger partial charge in [-0.2, -0.15) is 0 Å². The lowest BCUT2D eigenvalue weighted by Crippen LogP contribution is -2.21. The average molecular weight is 259 g/mol. The van der Waals surface area contributed by atoms with Crippen LogP contribution >= 0.6 is 0 Å². The van der Waals surface area contributed by atoms with E-state index in [0.29, 0.717) is 12.3 Å². The molecule has 19 heavy (non-hydrogen) atoms. The normalized spacial score (nSPS) is 10.4. The molecule has 0 atom stereocenters. The molecule has 4 heteroatoms. The maximum atomic E-state index is 10.8. The largest absolute Gasteiger partial charge is 0.478 e. The van der Waals surface area contributed by atoms with E-state index in [2.05, 4.69) is 36.1 Å². The molecule has 0 aliphatic carbocycles. The molecule has 0 unspecified atom stereocenters. The summed E-state index contributed by atoms with van der Waals surface area (Å²) in [6.45, 7) is 5.49. The van der Waals surface area contributed by atoms with Crippen LogP contribution < -0.4 is 4.90 Å². The molecule has 0 aliphatic heterocycles. The number of nitrogens with zero attached hydrogens (tertiary/aromatic N) is 1. The molecular weight excluding hydrogens is 242 g/mol. The number of carboxylic acids is 1. The Kier molecular flexibility index (Phi) is 3.90. The number of carboxylic acid groups (broad SMARTS) is 1. The third kappa shape index (κ3) is 3.16. The van der Waals surface area contributed by atoms with E-state index in [0.717, 1.165) is 12.2 Å². The van der Waals surface area contributed by atoms with Crippen molar-refractivity contribution in [3.63, 3.8) is 0 Å². The summed E-state index contributed by atoms with van der Waals surface area (Å²) in [6, 6.07) is 9.80. The van der Waals surface area contributed by atoms with E-state index in [9.17, 15) is 4.79 Å². The Morgan fingerprint density at radius 3 is 2.53 bits per heavy atom. The smallest absolute Gasteiger partial charge is 0.338 e. The second-order valence-electron chi connectivity index (χ2n) is 4.46. The molecule has 100 valence electrons. The summed E-state index contributed by atoms with van der Waals surface area (Å²) in [5.41, 5.74) is 2.50. The van der Waals surface area contributed by atoms with E-state index in [-0.39, 0.29) is 5.56 Å². The molecule has 0 aliphatic rings. The van der Waals surface area contributed by atoms with E-state index < -0.39 is 5.97 Å². The summed E-state index contributed by atoms with van der Waals surface area (Å²) in [5, 5.41) is 8.86. The number of aryl methyl sites for hydroxylation is 1. The Morgan fingerprint density at radius 2 is 2.00 bits per heavy atom.